The maximum Gasteiger partial charge on any atom is 0.191 e. The molecule has 7 heteroatoms. The molecule has 0 amide bonds. The number of hydrogen-bond acceptors (Lipinski definition) is 3. The lowest BCUT2D eigenvalue weighted by atomic mass is 9.83. The Labute approximate surface area is 162 Å². The second kappa shape index (κ2) is 11.7. The number of aromatic amines is 1. The summed E-state index contributed by atoms with van der Waals surface area (Å²) in [5.74, 6) is 0.879. The minimum atomic E-state index is 0. The largest absolute Gasteiger partial charge is 0.382 e. The zero-order valence-corrected chi connectivity index (χ0v) is 17.3. The van der Waals surface area contributed by atoms with Crippen LogP contribution in [0.5, 0.6) is 0 Å². The summed E-state index contributed by atoms with van der Waals surface area (Å²) in [4.78, 5) is 4.64. The quantitative estimate of drug-likeness (QED) is 0.235. The van der Waals surface area contributed by atoms with Crippen molar-refractivity contribution in [1.82, 2.24) is 20.8 Å². The molecule has 0 aliphatic heterocycles. The van der Waals surface area contributed by atoms with E-state index in [1.807, 2.05) is 6.07 Å². The van der Waals surface area contributed by atoms with Gasteiger partial charge in [-0.1, -0.05) is 12.8 Å². The number of ether oxygens (including phenoxy) is 1. The number of H-pyrrole nitrogens is 1. The van der Waals surface area contributed by atoms with Gasteiger partial charge in [0.1, 0.15) is 0 Å². The first-order valence-electron chi connectivity index (χ1n) is 8.86. The normalized spacial score (nSPS) is 16.7. The zero-order valence-electron chi connectivity index (χ0n) is 14.9. The highest BCUT2D eigenvalue weighted by Crippen LogP contribution is 2.40. The molecule has 0 aromatic carbocycles. The van der Waals surface area contributed by atoms with E-state index in [2.05, 4.69) is 39.7 Å². The number of rotatable bonds is 9. The SMILES string of the molecule is CCNC(=NCc1ccn[nH]1)NCC1(CCOCC)CCCC1.I. The average molecular weight is 449 g/mol. The van der Waals surface area contributed by atoms with Crippen molar-refractivity contribution in [3.8, 4) is 0 Å². The van der Waals surface area contributed by atoms with E-state index in [0.717, 1.165) is 44.4 Å². The van der Waals surface area contributed by atoms with Crippen LogP contribution in [0.4, 0.5) is 0 Å². The molecule has 0 bridgehead atoms. The summed E-state index contributed by atoms with van der Waals surface area (Å²) in [5.41, 5.74) is 1.38. The van der Waals surface area contributed by atoms with Gasteiger partial charge in [0, 0.05) is 32.5 Å². The molecule has 1 aliphatic carbocycles. The Balaban J connectivity index is 0.00000288. The molecule has 1 aliphatic rings. The first kappa shape index (κ1) is 21.2. The van der Waals surface area contributed by atoms with Crippen LogP contribution < -0.4 is 10.6 Å². The van der Waals surface area contributed by atoms with Crippen LogP contribution in [-0.2, 0) is 11.3 Å². The van der Waals surface area contributed by atoms with Gasteiger partial charge in [-0.3, -0.25) is 5.10 Å². The average Bonchev–Trinajstić information content (AvgIpc) is 3.23. The van der Waals surface area contributed by atoms with Crippen LogP contribution in [0.15, 0.2) is 17.3 Å². The molecule has 0 spiro atoms. The summed E-state index contributed by atoms with van der Waals surface area (Å²) in [6.07, 6.45) is 8.12. The third-order valence-electron chi connectivity index (χ3n) is 4.59. The Morgan fingerprint density at radius 3 is 2.75 bits per heavy atom. The summed E-state index contributed by atoms with van der Waals surface area (Å²) in [7, 11) is 0. The fourth-order valence-corrected chi connectivity index (χ4v) is 3.22. The molecule has 0 unspecified atom stereocenters. The van der Waals surface area contributed by atoms with Crippen molar-refractivity contribution in [1.29, 1.82) is 0 Å². The van der Waals surface area contributed by atoms with E-state index < -0.39 is 0 Å². The Morgan fingerprint density at radius 2 is 2.12 bits per heavy atom. The predicted molar refractivity (Wildman–Crippen MR) is 109 cm³/mol. The fourth-order valence-electron chi connectivity index (χ4n) is 3.22. The first-order chi connectivity index (χ1) is 11.3. The molecule has 1 heterocycles. The summed E-state index contributed by atoms with van der Waals surface area (Å²) in [6.45, 7) is 8.26. The number of nitrogens with one attached hydrogen (secondary N) is 3. The van der Waals surface area contributed by atoms with Gasteiger partial charge in [0.25, 0.3) is 0 Å². The van der Waals surface area contributed by atoms with Gasteiger partial charge < -0.3 is 15.4 Å². The topological polar surface area (TPSA) is 74.3 Å². The monoisotopic (exact) mass is 449 g/mol. The molecule has 1 aromatic heterocycles. The summed E-state index contributed by atoms with van der Waals surface area (Å²) < 4.78 is 5.59. The smallest absolute Gasteiger partial charge is 0.191 e. The third kappa shape index (κ3) is 6.96. The fraction of sp³-hybridized carbons (Fsp3) is 0.765. The molecule has 6 nitrogen and oxygen atoms in total. The second-order valence-electron chi connectivity index (χ2n) is 6.28. The Hall–Kier alpha value is -0.830. The lowest BCUT2D eigenvalue weighted by molar-refractivity contribution is 0.105. The van der Waals surface area contributed by atoms with Gasteiger partial charge in [-0.15, -0.1) is 24.0 Å². The molecule has 138 valence electrons. The molecular weight excluding hydrogens is 417 g/mol. The van der Waals surface area contributed by atoms with Crippen molar-refractivity contribution in [3.63, 3.8) is 0 Å². The Bertz CT molecular complexity index is 458. The highest BCUT2D eigenvalue weighted by molar-refractivity contribution is 14.0. The number of aliphatic imine (C=N–C) groups is 1. The highest BCUT2D eigenvalue weighted by atomic mass is 127. The zero-order chi connectivity index (χ0) is 16.4. The third-order valence-corrected chi connectivity index (χ3v) is 4.59. The van der Waals surface area contributed by atoms with E-state index in [9.17, 15) is 0 Å². The molecule has 1 aromatic rings. The molecule has 3 N–H and O–H groups in total. The van der Waals surface area contributed by atoms with Gasteiger partial charge >= 0.3 is 0 Å². The molecule has 1 saturated carbocycles. The summed E-state index contributed by atoms with van der Waals surface area (Å²) in [5, 5.41) is 13.8. The minimum Gasteiger partial charge on any atom is -0.382 e. The first-order valence-corrected chi connectivity index (χ1v) is 8.86. The van der Waals surface area contributed by atoms with Gasteiger partial charge in [0.15, 0.2) is 5.96 Å². The van der Waals surface area contributed by atoms with Crippen LogP contribution in [0, 0.1) is 5.41 Å². The van der Waals surface area contributed by atoms with Gasteiger partial charge in [0.2, 0.25) is 0 Å². The van der Waals surface area contributed by atoms with E-state index in [1.54, 1.807) is 6.20 Å². The van der Waals surface area contributed by atoms with Crippen molar-refractivity contribution in [3.05, 3.63) is 18.0 Å². The second-order valence-corrected chi connectivity index (χ2v) is 6.28. The van der Waals surface area contributed by atoms with Gasteiger partial charge in [-0.2, -0.15) is 5.10 Å². The standard InChI is InChI=1S/C17H31N5O.HI/c1-3-18-16(19-13-15-7-11-21-22-15)20-14-17(8-5-6-9-17)10-12-23-4-2;/h7,11H,3-6,8-10,12-14H2,1-2H3,(H,21,22)(H2,18,19,20);1H. The lowest BCUT2D eigenvalue weighted by Crippen LogP contribution is -2.43. The van der Waals surface area contributed by atoms with Crippen molar-refractivity contribution >= 4 is 29.9 Å². The van der Waals surface area contributed by atoms with Gasteiger partial charge in [-0.05, 0) is 44.6 Å². The van der Waals surface area contributed by atoms with Crippen LogP contribution in [0.2, 0.25) is 0 Å². The number of guanidine groups is 1. The Kier molecular flexibility index (Phi) is 10.3. The van der Waals surface area contributed by atoms with Crippen LogP contribution in [0.3, 0.4) is 0 Å². The molecule has 0 saturated heterocycles. The molecule has 0 radical (unpaired) electrons. The molecule has 0 atom stereocenters. The van der Waals surface area contributed by atoms with Crippen molar-refractivity contribution in [2.75, 3.05) is 26.3 Å². The number of halogens is 1. The summed E-state index contributed by atoms with van der Waals surface area (Å²) >= 11 is 0. The van der Waals surface area contributed by atoms with Crippen LogP contribution >= 0.6 is 24.0 Å². The van der Waals surface area contributed by atoms with E-state index >= 15 is 0 Å². The Morgan fingerprint density at radius 1 is 1.33 bits per heavy atom. The van der Waals surface area contributed by atoms with Crippen molar-refractivity contribution in [2.45, 2.75) is 52.5 Å². The van der Waals surface area contributed by atoms with E-state index in [-0.39, 0.29) is 24.0 Å². The highest BCUT2D eigenvalue weighted by Gasteiger charge is 2.33. The van der Waals surface area contributed by atoms with Gasteiger partial charge in [-0.25, -0.2) is 4.99 Å². The minimum absolute atomic E-state index is 0. The molecule has 1 fully saturated rings. The van der Waals surface area contributed by atoms with Crippen molar-refractivity contribution in [2.24, 2.45) is 10.4 Å². The number of hydrogen-bond donors (Lipinski definition) is 3. The summed E-state index contributed by atoms with van der Waals surface area (Å²) in [6, 6.07) is 1.95. The van der Waals surface area contributed by atoms with Crippen LogP contribution in [-0.4, -0.2) is 42.5 Å². The maximum atomic E-state index is 5.59. The predicted octanol–water partition coefficient (Wildman–Crippen LogP) is 3.07. The maximum absolute atomic E-state index is 5.59. The molecule has 2 rings (SSSR count). The van der Waals surface area contributed by atoms with E-state index in [1.165, 1.54) is 25.7 Å². The van der Waals surface area contributed by atoms with Crippen LogP contribution in [0.1, 0.15) is 51.6 Å². The number of nitrogens with zero attached hydrogens (tertiary/aromatic N) is 2. The van der Waals surface area contributed by atoms with E-state index in [4.69, 9.17) is 4.74 Å². The van der Waals surface area contributed by atoms with Crippen LogP contribution in [0.25, 0.3) is 0 Å². The molecule has 24 heavy (non-hydrogen) atoms. The van der Waals surface area contributed by atoms with Gasteiger partial charge in [0.05, 0.1) is 12.2 Å². The van der Waals surface area contributed by atoms with Crippen molar-refractivity contribution < 1.29 is 4.74 Å². The lowest BCUT2D eigenvalue weighted by Gasteiger charge is -2.30. The molecular formula is C17H32IN5O. The van der Waals surface area contributed by atoms with E-state index in [0.29, 0.717) is 12.0 Å². The number of aromatic nitrogens is 2.